The highest BCUT2D eigenvalue weighted by Crippen LogP contribution is 2.21. The lowest BCUT2D eigenvalue weighted by atomic mass is 10.2. The maximum Gasteiger partial charge on any atom is 0.261 e. The number of sulfonamides is 1. The summed E-state index contributed by atoms with van der Waals surface area (Å²) in [5.74, 6) is -0.292. The molecule has 0 bridgehead atoms. The van der Waals surface area contributed by atoms with Crippen molar-refractivity contribution in [1.82, 2.24) is 4.90 Å². The Morgan fingerprint density at radius 3 is 2.00 bits per heavy atom. The molecule has 34 heavy (non-hydrogen) atoms. The van der Waals surface area contributed by atoms with Crippen LogP contribution in [-0.2, 0) is 10.0 Å². The van der Waals surface area contributed by atoms with E-state index in [2.05, 4.69) is 26.8 Å². The van der Waals surface area contributed by atoms with Gasteiger partial charge in [0.25, 0.3) is 15.9 Å². The molecule has 1 saturated heterocycles. The van der Waals surface area contributed by atoms with Gasteiger partial charge in [0.1, 0.15) is 0 Å². The number of piperazine rings is 1. The zero-order valence-corrected chi connectivity index (χ0v) is 20.3. The van der Waals surface area contributed by atoms with Gasteiger partial charge in [-0.25, -0.2) is 8.42 Å². The molecule has 1 amide bonds. The zero-order chi connectivity index (χ0) is 24.1. The van der Waals surface area contributed by atoms with Gasteiger partial charge >= 0.3 is 0 Å². The summed E-state index contributed by atoms with van der Waals surface area (Å²) >= 11 is 0. The number of hydrogen-bond acceptors (Lipinski definition) is 5. The van der Waals surface area contributed by atoms with Crippen LogP contribution in [0.15, 0.2) is 77.7 Å². The molecule has 0 aromatic heterocycles. The molecule has 1 aliphatic rings. The summed E-state index contributed by atoms with van der Waals surface area (Å²) in [6.07, 6.45) is 0. The molecule has 0 atom stereocenters. The summed E-state index contributed by atoms with van der Waals surface area (Å²) in [5, 5.41) is 2.88. The Morgan fingerprint density at radius 2 is 1.41 bits per heavy atom. The van der Waals surface area contributed by atoms with Crippen molar-refractivity contribution in [2.45, 2.75) is 18.7 Å². The number of likely N-dealkylation sites (N-methyl/N-ethyl adjacent to an activating group) is 1. The van der Waals surface area contributed by atoms with Crippen molar-refractivity contribution in [1.29, 1.82) is 0 Å². The highest BCUT2D eigenvalue weighted by atomic mass is 32.2. The fraction of sp³-hybridized carbons (Fsp3) is 0.269. The first-order chi connectivity index (χ1) is 16.3. The maximum absolute atomic E-state index is 12.7. The van der Waals surface area contributed by atoms with E-state index in [1.807, 2.05) is 43.3 Å². The van der Waals surface area contributed by atoms with Gasteiger partial charge in [-0.1, -0.05) is 24.6 Å². The summed E-state index contributed by atoms with van der Waals surface area (Å²) in [4.78, 5) is 17.5. The Labute approximate surface area is 201 Å². The van der Waals surface area contributed by atoms with E-state index in [0.29, 0.717) is 16.9 Å². The molecular weight excluding hydrogens is 448 g/mol. The van der Waals surface area contributed by atoms with Gasteiger partial charge in [-0.3, -0.25) is 9.52 Å². The molecule has 1 heterocycles. The summed E-state index contributed by atoms with van der Waals surface area (Å²) in [7, 11) is -3.74. The van der Waals surface area contributed by atoms with Gasteiger partial charge in [0.15, 0.2) is 0 Å². The Kier molecular flexibility index (Phi) is 7.19. The SMILES string of the molecule is CCN1CCN(c2ccc(NC(=O)c3ccc(S(=O)(=O)Nc4ccc(C)cc4)cc3)cc2)CC1. The van der Waals surface area contributed by atoms with E-state index >= 15 is 0 Å². The number of amides is 1. The smallest absolute Gasteiger partial charge is 0.261 e. The van der Waals surface area contributed by atoms with Crippen LogP contribution in [0, 0.1) is 6.92 Å². The predicted molar refractivity (Wildman–Crippen MR) is 137 cm³/mol. The highest BCUT2D eigenvalue weighted by Gasteiger charge is 2.17. The lowest BCUT2D eigenvalue weighted by Crippen LogP contribution is -2.46. The number of nitrogens with one attached hydrogen (secondary N) is 2. The molecule has 7 nitrogen and oxygen atoms in total. The molecule has 3 aromatic rings. The van der Waals surface area contributed by atoms with Gasteiger partial charge in [-0.15, -0.1) is 0 Å². The molecule has 0 aliphatic carbocycles. The molecule has 2 N–H and O–H groups in total. The van der Waals surface area contributed by atoms with E-state index in [-0.39, 0.29) is 10.8 Å². The fourth-order valence-electron chi connectivity index (χ4n) is 3.90. The quantitative estimate of drug-likeness (QED) is 0.532. The molecule has 4 rings (SSSR count). The van der Waals surface area contributed by atoms with Crippen molar-refractivity contribution in [2.75, 3.05) is 47.7 Å². The second-order valence-electron chi connectivity index (χ2n) is 8.42. The van der Waals surface area contributed by atoms with Crippen LogP contribution in [0.1, 0.15) is 22.8 Å². The van der Waals surface area contributed by atoms with Crippen LogP contribution in [0.5, 0.6) is 0 Å². The molecule has 3 aromatic carbocycles. The van der Waals surface area contributed by atoms with Gasteiger partial charge < -0.3 is 15.1 Å². The maximum atomic E-state index is 12.7. The van der Waals surface area contributed by atoms with E-state index in [0.717, 1.165) is 44.0 Å². The van der Waals surface area contributed by atoms with Crippen LogP contribution in [0.2, 0.25) is 0 Å². The average Bonchev–Trinajstić information content (AvgIpc) is 2.86. The number of carbonyl (C=O) groups excluding carboxylic acids is 1. The molecule has 1 fully saturated rings. The first-order valence-electron chi connectivity index (χ1n) is 11.4. The minimum atomic E-state index is -3.74. The van der Waals surface area contributed by atoms with Crippen LogP contribution in [0.3, 0.4) is 0 Å². The minimum Gasteiger partial charge on any atom is -0.369 e. The Balaban J connectivity index is 1.36. The largest absolute Gasteiger partial charge is 0.369 e. The number of hydrogen-bond donors (Lipinski definition) is 2. The number of aryl methyl sites for hydroxylation is 1. The predicted octanol–water partition coefficient (Wildman–Crippen LogP) is 4.19. The number of carbonyl (C=O) groups is 1. The topological polar surface area (TPSA) is 81.8 Å². The number of rotatable bonds is 7. The van der Waals surface area contributed by atoms with E-state index in [1.165, 1.54) is 24.3 Å². The van der Waals surface area contributed by atoms with Gasteiger partial charge in [0.05, 0.1) is 4.90 Å². The van der Waals surface area contributed by atoms with Crippen LogP contribution < -0.4 is 14.9 Å². The third-order valence-electron chi connectivity index (χ3n) is 6.04. The molecule has 0 saturated carbocycles. The van der Waals surface area contributed by atoms with Crippen molar-refractivity contribution in [3.63, 3.8) is 0 Å². The van der Waals surface area contributed by atoms with Gasteiger partial charge in [0, 0.05) is 48.8 Å². The fourth-order valence-corrected chi connectivity index (χ4v) is 4.96. The molecule has 0 radical (unpaired) electrons. The van der Waals surface area contributed by atoms with Crippen molar-refractivity contribution in [3.05, 3.63) is 83.9 Å². The van der Waals surface area contributed by atoms with Crippen LogP contribution in [0.25, 0.3) is 0 Å². The Morgan fingerprint density at radius 1 is 0.824 bits per heavy atom. The molecule has 0 spiro atoms. The van der Waals surface area contributed by atoms with Gasteiger partial charge in [-0.05, 0) is 74.1 Å². The number of nitrogens with zero attached hydrogens (tertiary/aromatic N) is 2. The van der Waals surface area contributed by atoms with Crippen LogP contribution in [0.4, 0.5) is 17.1 Å². The van der Waals surface area contributed by atoms with Crippen LogP contribution in [-0.4, -0.2) is 51.9 Å². The number of anilines is 3. The lowest BCUT2D eigenvalue weighted by Gasteiger charge is -2.35. The highest BCUT2D eigenvalue weighted by molar-refractivity contribution is 7.92. The van der Waals surface area contributed by atoms with Crippen molar-refractivity contribution >= 4 is 33.0 Å². The zero-order valence-electron chi connectivity index (χ0n) is 19.5. The molecule has 8 heteroatoms. The molecule has 1 aliphatic heterocycles. The van der Waals surface area contributed by atoms with Crippen molar-refractivity contribution < 1.29 is 13.2 Å². The van der Waals surface area contributed by atoms with E-state index in [4.69, 9.17) is 0 Å². The van der Waals surface area contributed by atoms with E-state index in [9.17, 15) is 13.2 Å². The Hall–Kier alpha value is -3.36. The summed E-state index contributed by atoms with van der Waals surface area (Å²) in [5.41, 5.74) is 3.75. The first kappa shape index (κ1) is 23.8. The third-order valence-corrected chi connectivity index (χ3v) is 7.44. The average molecular weight is 479 g/mol. The summed E-state index contributed by atoms with van der Waals surface area (Å²) < 4.78 is 27.8. The second-order valence-corrected chi connectivity index (χ2v) is 10.1. The molecular formula is C26H30N4O3S. The first-order valence-corrected chi connectivity index (χ1v) is 12.9. The monoisotopic (exact) mass is 478 g/mol. The number of benzene rings is 3. The second kappa shape index (κ2) is 10.3. The van der Waals surface area contributed by atoms with E-state index < -0.39 is 10.0 Å². The van der Waals surface area contributed by atoms with Crippen molar-refractivity contribution in [3.8, 4) is 0 Å². The normalized spacial score (nSPS) is 14.6. The lowest BCUT2D eigenvalue weighted by molar-refractivity contribution is 0.102. The van der Waals surface area contributed by atoms with E-state index in [1.54, 1.807) is 12.1 Å². The van der Waals surface area contributed by atoms with Gasteiger partial charge in [-0.2, -0.15) is 0 Å². The van der Waals surface area contributed by atoms with Gasteiger partial charge in [0.2, 0.25) is 0 Å². The third kappa shape index (κ3) is 5.76. The summed E-state index contributed by atoms with van der Waals surface area (Å²) in [6.45, 7) is 9.30. The Bertz CT molecular complexity index is 1220. The standard InChI is InChI=1S/C26H30N4O3S/c1-3-29-16-18-30(19-17-29)24-12-10-22(11-13-24)27-26(31)21-6-14-25(15-7-21)34(32,33)28-23-8-4-20(2)5-9-23/h4-15,28H,3,16-19H2,1-2H3,(H,27,31). The molecule has 0 unspecified atom stereocenters. The molecule has 178 valence electrons. The minimum absolute atomic E-state index is 0.0946. The van der Waals surface area contributed by atoms with Crippen LogP contribution >= 0.6 is 0 Å². The van der Waals surface area contributed by atoms with Crippen molar-refractivity contribution in [2.24, 2.45) is 0 Å². The summed E-state index contributed by atoms with van der Waals surface area (Å²) in [6, 6.07) is 20.8.